The van der Waals surface area contributed by atoms with Crippen LogP contribution in [0.4, 0.5) is 0 Å². The molecule has 6 heteroatoms. The maximum atomic E-state index is 11.4. The average molecular weight is 382 g/mol. The molecule has 0 radical (unpaired) electrons. The lowest BCUT2D eigenvalue weighted by Crippen LogP contribution is -2.02. The summed E-state index contributed by atoms with van der Waals surface area (Å²) in [5.74, 6) is -0.453. The summed E-state index contributed by atoms with van der Waals surface area (Å²) in [5.41, 5.74) is 1.06. The summed E-state index contributed by atoms with van der Waals surface area (Å²) in [6, 6.07) is 3.36. The highest BCUT2D eigenvalue weighted by atomic mass is 127. The van der Waals surface area contributed by atoms with E-state index in [-0.39, 0.29) is 0 Å². The van der Waals surface area contributed by atoms with E-state index in [0.717, 1.165) is 3.57 Å². The van der Waals surface area contributed by atoms with Crippen LogP contribution < -0.4 is 0 Å². The van der Waals surface area contributed by atoms with Crippen LogP contribution in [0.1, 0.15) is 10.4 Å². The number of rotatable bonds is 1. The number of esters is 1. The molecule has 0 amide bonds. The first-order chi connectivity index (χ1) is 8.04. The monoisotopic (exact) mass is 381 g/mol. The largest absolute Gasteiger partial charge is 0.465 e. The third kappa shape index (κ3) is 2.34. The van der Waals surface area contributed by atoms with Crippen LogP contribution >= 0.6 is 45.8 Å². The van der Waals surface area contributed by atoms with Crippen LogP contribution in [-0.2, 0) is 4.74 Å². The quantitative estimate of drug-likeness (QED) is 0.426. The second kappa shape index (κ2) is 4.96. The van der Waals surface area contributed by atoms with Crippen molar-refractivity contribution in [1.29, 1.82) is 0 Å². The molecule has 0 bridgehead atoms. The highest BCUT2D eigenvalue weighted by Crippen LogP contribution is 2.33. The lowest BCUT2D eigenvalue weighted by atomic mass is 10.1. The highest BCUT2D eigenvalue weighted by molar-refractivity contribution is 14.1. The van der Waals surface area contributed by atoms with Gasteiger partial charge >= 0.3 is 5.97 Å². The first kappa shape index (κ1) is 12.9. The maximum absolute atomic E-state index is 11.4. The van der Waals surface area contributed by atoms with Gasteiger partial charge in [0.2, 0.25) is 0 Å². The summed E-state index contributed by atoms with van der Waals surface area (Å²) in [6.45, 7) is 0. The minimum Gasteiger partial charge on any atom is -0.465 e. The van der Waals surface area contributed by atoms with Gasteiger partial charge in [0.15, 0.2) is 0 Å². The number of aromatic nitrogens is 1. The number of carbonyl (C=O) groups excluding carboxylic acids is 1. The number of hydrogen-bond acceptors (Lipinski definition) is 3. The van der Waals surface area contributed by atoms with Gasteiger partial charge in [0.25, 0.3) is 0 Å². The van der Waals surface area contributed by atoms with Crippen LogP contribution in [0.2, 0.25) is 10.0 Å². The summed E-state index contributed by atoms with van der Waals surface area (Å²) in [6.07, 6.45) is 1.46. The minimum atomic E-state index is -0.453. The molecule has 2 aromatic rings. The number of carbonyl (C=O) groups is 1. The topological polar surface area (TPSA) is 39.2 Å². The Hall–Kier alpha value is -0.590. The number of benzene rings is 1. The Balaban J connectivity index is 2.76. The van der Waals surface area contributed by atoms with E-state index in [4.69, 9.17) is 23.2 Å². The van der Waals surface area contributed by atoms with Crippen molar-refractivity contribution in [3.05, 3.63) is 37.5 Å². The molecule has 2 rings (SSSR count). The summed E-state index contributed by atoms with van der Waals surface area (Å²) >= 11 is 14.2. The van der Waals surface area contributed by atoms with E-state index in [1.807, 2.05) is 0 Å². The summed E-state index contributed by atoms with van der Waals surface area (Å²) in [5, 5.41) is 1.47. The third-order valence-electron chi connectivity index (χ3n) is 2.23. The smallest absolute Gasteiger partial charge is 0.339 e. The fourth-order valence-electron chi connectivity index (χ4n) is 1.42. The lowest BCUT2D eigenvalue weighted by molar-refractivity contribution is 0.0600. The molecule has 0 fully saturated rings. The fraction of sp³-hybridized carbons (Fsp3) is 0.0909. The van der Waals surface area contributed by atoms with Gasteiger partial charge in [-0.15, -0.1) is 0 Å². The molecule has 3 nitrogen and oxygen atoms in total. The highest BCUT2D eigenvalue weighted by Gasteiger charge is 2.13. The summed E-state index contributed by atoms with van der Waals surface area (Å²) in [4.78, 5) is 15.6. The Morgan fingerprint density at radius 2 is 2.12 bits per heavy atom. The molecule has 0 aliphatic carbocycles. The standard InChI is InChI=1S/C11H6Cl2INO2/c1-17-11(16)5-2-6-9(13)7(12)3-8(14)10(6)15-4-5/h2-4H,1H3. The molecule has 1 heterocycles. The first-order valence-electron chi connectivity index (χ1n) is 4.56. The predicted molar refractivity (Wildman–Crippen MR) is 75.8 cm³/mol. The number of ether oxygens (including phenoxy) is 1. The fourth-order valence-corrected chi connectivity index (χ4v) is 2.76. The van der Waals surface area contributed by atoms with Gasteiger partial charge < -0.3 is 4.74 Å². The van der Waals surface area contributed by atoms with Crippen molar-refractivity contribution in [3.63, 3.8) is 0 Å². The minimum absolute atomic E-state index is 0.347. The number of hydrogen-bond donors (Lipinski definition) is 0. The zero-order valence-electron chi connectivity index (χ0n) is 8.63. The molecule has 0 N–H and O–H groups in total. The number of pyridine rings is 1. The molecule has 0 aliphatic rings. The molecule has 0 spiro atoms. The SMILES string of the molecule is COC(=O)c1cnc2c(I)cc(Cl)c(Cl)c2c1. The summed E-state index contributed by atoms with van der Waals surface area (Å²) in [7, 11) is 1.32. The number of nitrogens with zero attached hydrogens (tertiary/aromatic N) is 1. The van der Waals surface area contributed by atoms with Crippen LogP contribution in [0.15, 0.2) is 18.3 Å². The van der Waals surface area contributed by atoms with Crippen molar-refractivity contribution in [1.82, 2.24) is 4.98 Å². The van der Waals surface area contributed by atoms with Gasteiger partial charge in [-0.3, -0.25) is 4.98 Å². The average Bonchev–Trinajstić information content (AvgIpc) is 2.34. The second-order valence-corrected chi connectivity index (χ2v) is 5.21. The van der Waals surface area contributed by atoms with Gasteiger partial charge in [0.1, 0.15) is 0 Å². The van der Waals surface area contributed by atoms with Crippen molar-refractivity contribution < 1.29 is 9.53 Å². The van der Waals surface area contributed by atoms with Crippen molar-refractivity contribution in [2.75, 3.05) is 7.11 Å². The van der Waals surface area contributed by atoms with Gasteiger partial charge in [0, 0.05) is 15.2 Å². The first-order valence-corrected chi connectivity index (χ1v) is 6.39. The van der Waals surface area contributed by atoms with E-state index in [2.05, 4.69) is 32.3 Å². The Labute approximate surface area is 121 Å². The molecule has 1 aromatic heterocycles. The molecule has 88 valence electrons. The Kier molecular flexibility index (Phi) is 3.75. The van der Waals surface area contributed by atoms with Crippen molar-refractivity contribution in [2.45, 2.75) is 0 Å². The zero-order valence-corrected chi connectivity index (χ0v) is 12.3. The van der Waals surface area contributed by atoms with Gasteiger partial charge in [-0.2, -0.15) is 0 Å². The summed E-state index contributed by atoms with van der Waals surface area (Å²) < 4.78 is 5.51. The van der Waals surface area contributed by atoms with E-state index in [1.54, 1.807) is 12.1 Å². The van der Waals surface area contributed by atoms with Crippen LogP contribution in [-0.4, -0.2) is 18.1 Å². The van der Waals surface area contributed by atoms with Crippen LogP contribution in [0.3, 0.4) is 0 Å². The third-order valence-corrected chi connectivity index (χ3v) is 3.86. The van der Waals surface area contributed by atoms with Gasteiger partial charge in [0.05, 0.1) is 28.2 Å². The molecule has 0 unspecified atom stereocenters. The van der Waals surface area contributed by atoms with Crippen LogP contribution in [0.25, 0.3) is 10.9 Å². The van der Waals surface area contributed by atoms with Gasteiger partial charge in [-0.05, 0) is 34.7 Å². The van der Waals surface area contributed by atoms with E-state index in [0.29, 0.717) is 26.5 Å². The Bertz CT molecular complexity index is 616. The lowest BCUT2D eigenvalue weighted by Gasteiger charge is -2.06. The Morgan fingerprint density at radius 3 is 2.76 bits per heavy atom. The zero-order chi connectivity index (χ0) is 12.6. The molecule has 0 atom stereocenters. The van der Waals surface area contributed by atoms with E-state index in [9.17, 15) is 4.79 Å². The number of halogens is 3. The molecule has 1 aromatic carbocycles. The van der Waals surface area contributed by atoms with Crippen LogP contribution in [0.5, 0.6) is 0 Å². The van der Waals surface area contributed by atoms with Crippen molar-refractivity contribution in [3.8, 4) is 0 Å². The number of fused-ring (bicyclic) bond motifs is 1. The molecular formula is C11H6Cl2INO2. The Morgan fingerprint density at radius 1 is 1.41 bits per heavy atom. The van der Waals surface area contributed by atoms with Gasteiger partial charge in [-0.25, -0.2) is 4.79 Å². The van der Waals surface area contributed by atoms with E-state index >= 15 is 0 Å². The van der Waals surface area contributed by atoms with Crippen molar-refractivity contribution >= 4 is 62.7 Å². The molecule has 0 saturated carbocycles. The molecule has 0 saturated heterocycles. The molecular weight excluding hydrogens is 376 g/mol. The van der Waals surface area contributed by atoms with E-state index < -0.39 is 5.97 Å². The second-order valence-electron chi connectivity index (χ2n) is 3.27. The normalized spacial score (nSPS) is 10.6. The molecule has 17 heavy (non-hydrogen) atoms. The predicted octanol–water partition coefficient (Wildman–Crippen LogP) is 3.93. The maximum Gasteiger partial charge on any atom is 0.339 e. The van der Waals surface area contributed by atoms with E-state index in [1.165, 1.54) is 13.3 Å². The number of methoxy groups -OCH3 is 1. The van der Waals surface area contributed by atoms with Crippen LogP contribution in [0, 0.1) is 3.57 Å². The van der Waals surface area contributed by atoms with Gasteiger partial charge in [-0.1, -0.05) is 23.2 Å². The van der Waals surface area contributed by atoms with Crippen molar-refractivity contribution in [2.24, 2.45) is 0 Å². The molecule has 0 aliphatic heterocycles.